The maximum atomic E-state index is 12.1. The lowest BCUT2D eigenvalue weighted by Crippen LogP contribution is -2.30. The second kappa shape index (κ2) is 7.52. The van der Waals surface area contributed by atoms with Gasteiger partial charge in [0, 0.05) is 5.69 Å². The topological polar surface area (TPSA) is 38.3 Å². The molecule has 2 rings (SSSR count). The fraction of sp³-hybridized carbons (Fsp3) is 0.235. The monoisotopic (exact) mass is 337 g/mol. The van der Waals surface area contributed by atoms with E-state index in [2.05, 4.69) is 12.2 Å². The van der Waals surface area contributed by atoms with E-state index in [1.807, 2.05) is 24.3 Å². The number of aryl methyl sites for hydroxylation is 1. The van der Waals surface area contributed by atoms with E-state index in [-0.39, 0.29) is 5.91 Å². The molecule has 0 saturated heterocycles. The average molecular weight is 338 g/mol. The third kappa shape index (κ3) is 4.39. The van der Waals surface area contributed by atoms with Gasteiger partial charge in [-0.1, -0.05) is 42.3 Å². The molecule has 0 bridgehead atoms. The van der Waals surface area contributed by atoms with Crippen LogP contribution in [0.3, 0.4) is 0 Å². The van der Waals surface area contributed by atoms with Gasteiger partial charge >= 0.3 is 0 Å². The van der Waals surface area contributed by atoms with Gasteiger partial charge in [0.15, 0.2) is 6.10 Å². The van der Waals surface area contributed by atoms with Gasteiger partial charge in [-0.15, -0.1) is 0 Å². The molecular weight excluding hydrogens is 321 g/mol. The molecule has 22 heavy (non-hydrogen) atoms. The number of hydrogen-bond donors (Lipinski definition) is 1. The summed E-state index contributed by atoms with van der Waals surface area (Å²) in [4.78, 5) is 12.1. The summed E-state index contributed by atoms with van der Waals surface area (Å²) in [6.07, 6.45) is 0.343. The van der Waals surface area contributed by atoms with Crippen LogP contribution >= 0.6 is 23.2 Å². The molecule has 0 aliphatic carbocycles. The van der Waals surface area contributed by atoms with Crippen LogP contribution in [0.25, 0.3) is 0 Å². The molecule has 0 heterocycles. The molecule has 1 amide bonds. The minimum absolute atomic E-state index is 0.252. The maximum absolute atomic E-state index is 12.1. The van der Waals surface area contributed by atoms with Crippen molar-refractivity contribution in [3.8, 4) is 5.75 Å². The van der Waals surface area contributed by atoms with Crippen molar-refractivity contribution in [1.29, 1.82) is 0 Å². The summed E-state index contributed by atoms with van der Waals surface area (Å²) < 4.78 is 5.63. The quantitative estimate of drug-likeness (QED) is 0.837. The number of amides is 1. The largest absolute Gasteiger partial charge is 0.481 e. The van der Waals surface area contributed by atoms with Crippen molar-refractivity contribution in [1.82, 2.24) is 0 Å². The van der Waals surface area contributed by atoms with Crippen LogP contribution < -0.4 is 10.1 Å². The predicted octanol–water partition coefficient (Wildman–Crippen LogP) is 4.96. The number of rotatable bonds is 5. The molecule has 0 radical (unpaired) electrons. The van der Waals surface area contributed by atoms with E-state index in [4.69, 9.17) is 27.9 Å². The lowest BCUT2D eigenvalue weighted by atomic mass is 10.2. The maximum Gasteiger partial charge on any atom is 0.265 e. The second-order valence-electron chi connectivity index (χ2n) is 4.88. The van der Waals surface area contributed by atoms with E-state index in [9.17, 15) is 4.79 Å². The van der Waals surface area contributed by atoms with Crippen molar-refractivity contribution in [2.24, 2.45) is 0 Å². The first-order valence-electron chi connectivity index (χ1n) is 7.01. The highest BCUT2D eigenvalue weighted by atomic mass is 35.5. The first kappa shape index (κ1) is 16.7. The van der Waals surface area contributed by atoms with Gasteiger partial charge in [-0.25, -0.2) is 0 Å². The number of ether oxygens (including phenoxy) is 1. The van der Waals surface area contributed by atoms with Gasteiger partial charge in [0.05, 0.1) is 10.0 Å². The molecule has 0 aliphatic rings. The lowest BCUT2D eigenvalue weighted by molar-refractivity contribution is -0.122. The second-order valence-corrected chi connectivity index (χ2v) is 5.69. The highest BCUT2D eigenvalue weighted by Gasteiger charge is 2.15. The molecule has 3 nitrogen and oxygen atoms in total. The van der Waals surface area contributed by atoms with E-state index in [1.165, 1.54) is 5.56 Å². The predicted molar refractivity (Wildman–Crippen MR) is 91.0 cm³/mol. The third-order valence-corrected chi connectivity index (χ3v) is 3.94. The molecule has 0 fully saturated rings. The number of carbonyl (C=O) groups excluding carboxylic acids is 1. The van der Waals surface area contributed by atoms with Crippen molar-refractivity contribution in [3.63, 3.8) is 0 Å². The van der Waals surface area contributed by atoms with Gasteiger partial charge in [0.2, 0.25) is 0 Å². The third-order valence-electron chi connectivity index (χ3n) is 3.20. The number of halogens is 2. The van der Waals surface area contributed by atoms with E-state index in [1.54, 1.807) is 25.1 Å². The molecule has 2 aromatic carbocycles. The van der Waals surface area contributed by atoms with E-state index >= 15 is 0 Å². The smallest absolute Gasteiger partial charge is 0.265 e. The summed E-state index contributed by atoms with van der Waals surface area (Å²) in [5.41, 5.74) is 1.80. The molecule has 0 spiro atoms. The number of carbonyl (C=O) groups is 1. The Hall–Kier alpha value is -1.71. The molecule has 0 saturated carbocycles. The fourth-order valence-electron chi connectivity index (χ4n) is 1.88. The minimum atomic E-state index is -0.623. The van der Waals surface area contributed by atoms with Gasteiger partial charge < -0.3 is 10.1 Å². The molecule has 0 aromatic heterocycles. The lowest BCUT2D eigenvalue weighted by Gasteiger charge is -2.15. The minimum Gasteiger partial charge on any atom is -0.481 e. The van der Waals surface area contributed by atoms with Crippen LogP contribution in [0, 0.1) is 0 Å². The van der Waals surface area contributed by atoms with Crippen LogP contribution in [-0.2, 0) is 11.2 Å². The standard InChI is InChI=1S/C17H17Cl2NO2/c1-3-12-4-7-14(8-5-12)22-11(2)17(21)20-13-6-9-15(18)16(19)10-13/h4-11H,3H2,1-2H3,(H,20,21)/t11-/m1/s1. The van der Waals surface area contributed by atoms with Gasteiger partial charge in [-0.2, -0.15) is 0 Å². The van der Waals surface area contributed by atoms with Crippen LogP contribution in [-0.4, -0.2) is 12.0 Å². The highest BCUT2D eigenvalue weighted by Crippen LogP contribution is 2.25. The van der Waals surface area contributed by atoms with Crippen molar-refractivity contribution >= 4 is 34.8 Å². The van der Waals surface area contributed by atoms with Gasteiger partial charge in [0.25, 0.3) is 5.91 Å². The van der Waals surface area contributed by atoms with Crippen LogP contribution in [0.15, 0.2) is 42.5 Å². The summed E-state index contributed by atoms with van der Waals surface area (Å²) in [7, 11) is 0. The zero-order valence-electron chi connectivity index (χ0n) is 12.4. The molecule has 116 valence electrons. The first-order valence-corrected chi connectivity index (χ1v) is 7.76. The van der Waals surface area contributed by atoms with Gasteiger partial charge in [0.1, 0.15) is 5.75 Å². The molecule has 0 unspecified atom stereocenters. The number of nitrogens with one attached hydrogen (secondary N) is 1. The Labute approximate surface area is 140 Å². The summed E-state index contributed by atoms with van der Waals surface area (Å²) in [5.74, 6) is 0.409. The Balaban J connectivity index is 1.97. The zero-order chi connectivity index (χ0) is 16.1. The van der Waals surface area contributed by atoms with Crippen molar-refractivity contribution < 1.29 is 9.53 Å². The van der Waals surface area contributed by atoms with Crippen molar-refractivity contribution in [3.05, 3.63) is 58.1 Å². The summed E-state index contributed by atoms with van der Waals surface area (Å²) >= 11 is 11.8. The fourth-order valence-corrected chi connectivity index (χ4v) is 2.18. The van der Waals surface area contributed by atoms with Crippen LogP contribution in [0.4, 0.5) is 5.69 Å². The van der Waals surface area contributed by atoms with Crippen LogP contribution in [0.1, 0.15) is 19.4 Å². The van der Waals surface area contributed by atoms with Crippen molar-refractivity contribution in [2.75, 3.05) is 5.32 Å². The molecule has 1 atom stereocenters. The average Bonchev–Trinajstić information content (AvgIpc) is 2.51. The molecule has 5 heteroatoms. The summed E-state index contributed by atoms with van der Waals surface area (Å²) in [6.45, 7) is 3.78. The first-order chi connectivity index (χ1) is 10.5. The number of anilines is 1. The van der Waals surface area contributed by atoms with Gasteiger partial charge in [-0.05, 0) is 49.2 Å². The molecule has 2 aromatic rings. The Bertz CT molecular complexity index is 656. The van der Waals surface area contributed by atoms with Crippen LogP contribution in [0.5, 0.6) is 5.75 Å². The van der Waals surface area contributed by atoms with Gasteiger partial charge in [-0.3, -0.25) is 4.79 Å². The normalized spacial score (nSPS) is 11.8. The number of benzene rings is 2. The molecule has 0 aliphatic heterocycles. The van der Waals surface area contributed by atoms with Crippen LogP contribution in [0.2, 0.25) is 10.0 Å². The Morgan fingerprint density at radius 1 is 1.14 bits per heavy atom. The highest BCUT2D eigenvalue weighted by molar-refractivity contribution is 6.42. The zero-order valence-corrected chi connectivity index (χ0v) is 13.9. The van der Waals surface area contributed by atoms with E-state index in [0.29, 0.717) is 21.5 Å². The molecular formula is C17H17Cl2NO2. The van der Waals surface area contributed by atoms with E-state index in [0.717, 1.165) is 6.42 Å². The van der Waals surface area contributed by atoms with E-state index < -0.39 is 6.10 Å². The molecule has 1 N–H and O–H groups in total. The number of hydrogen-bond acceptors (Lipinski definition) is 2. The summed E-state index contributed by atoms with van der Waals surface area (Å²) in [6, 6.07) is 12.6. The summed E-state index contributed by atoms with van der Waals surface area (Å²) in [5, 5.41) is 3.58. The Kier molecular flexibility index (Phi) is 5.69. The Morgan fingerprint density at radius 3 is 2.41 bits per heavy atom. The SMILES string of the molecule is CCc1ccc(O[C@H](C)C(=O)Nc2ccc(Cl)c(Cl)c2)cc1. The van der Waals surface area contributed by atoms with Crippen molar-refractivity contribution in [2.45, 2.75) is 26.4 Å². The Morgan fingerprint density at radius 2 is 1.82 bits per heavy atom.